The molecule has 5 rings (SSSR count). The molecule has 0 aliphatic carbocycles. The van der Waals surface area contributed by atoms with Crippen LogP contribution in [-0.2, 0) is 27.8 Å². The number of rotatable bonds is 4. The van der Waals surface area contributed by atoms with Crippen LogP contribution in [0.25, 0.3) is 11.0 Å². The van der Waals surface area contributed by atoms with Crippen molar-refractivity contribution in [3.63, 3.8) is 0 Å². The zero-order valence-corrected chi connectivity index (χ0v) is 23.4. The highest BCUT2D eigenvalue weighted by molar-refractivity contribution is 7.90. The number of carbonyl (C=O) groups is 1. The van der Waals surface area contributed by atoms with E-state index in [1.807, 2.05) is 18.2 Å². The molecular weight excluding hydrogens is 532 g/mol. The zero-order chi connectivity index (χ0) is 28.4. The van der Waals surface area contributed by atoms with Crippen molar-refractivity contribution in [2.24, 2.45) is 0 Å². The molecule has 2 N–H and O–H groups in total. The summed E-state index contributed by atoms with van der Waals surface area (Å²) in [5.41, 5.74) is 2.50. The predicted molar refractivity (Wildman–Crippen MR) is 151 cm³/mol. The molecule has 3 heterocycles. The SMILES string of the molecule is COc1ccc2cc1CN(C)C(CO)C(=O)N(C)CCCc1cn(S(=O)(=O)c3ccccc3)c3ncnc(c13)N2. The lowest BCUT2D eigenvalue weighted by Crippen LogP contribution is -2.48. The molecule has 12 heteroatoms. The first kappa shape index (κ1) is 27.6. The second kappa shape index (κ2) is 11.2. The third-order valence-corrected chi connectivity index (χ3v) is 8.86. The van der Waals surface area contributed by atoms with Crippen LogP contribution in [0.2, 0.25) is 0 Å². The number of nitrogens with zero attached hydrogens (tertiary/aromatic N) is 5. The van der Waals surface area contributed by atoms with Crippen molar-refractivity contribution in [2.45, 2.75) is 30.3 Å². The maximum absolute atomic E-state index is 13.7. The Morgan fingerprint density at radius 1 is 1.10 bits per heavy atom. The molecule has 2 aromatic carbocycles. The van der Waals surface area contributed by atoms with E-state index >= 15 is 0 Å². The predicted octanol–water partition coefficient (Wildman–Crippen LogP) is 2.62. The molecule has 2 aromatic heterocycles. The number of carbonyl (C=O) groups excluding carboxylic acids is 1. The van der Waals surface area contributed by atoms with E-state index < -0.39 is 16.1 Å². The summed E-state index contributed by atoms with van der Waals surface area (Å²) in [5, 5.41) is 14.0. The van der Waals surface area contributed by atoms with E-state index in [2.05, 4.69) is 15.3 Å². The normalized spacial score (nSPS) is 17.2. The van der Waals surface area contributed by atoms with Gasteiger partial charge in [-0.1, -0.05) is 18.2 Å². The van der Waals surface area contributed by atoms with E-state index in [1.54, 1.807) is 67.5 Å². The standard InChI is InChI=1S/C28H32N6O5S/c1-32-13-7-8-19-16-34(40(37,38)22-9-5-4-6-10-22)27-25(19)26(29-18-30-27)31-21-11-12-24(39-3)20(14-21)15-33(2)23(17-35)28(32)36/h4-6,9-12,14,16,18,23,35H,7-8,13,15,17H2,1-3H3,(H,29,30,31). The van der Waals surface area contributed by atoms with Crippen molar-refractivity contribution < 1.29 is 23.1 Å². The average molecular weight is 565 g/mol. The molecule has 2 bridgehead atoms. The number of amides is 1. The minimum atomic E-state index is -3.93. The topological polar surface area (TPSA) is 130 Å². The highest BCUT2D eigenvalue weighted by atomic mass is 32.2. The summed E-state index contributed by atoms with van der Waals surface area (Å²) in [6.07, 6.45) is 3.97. The number of ether oxygens (including phenoxy) is 1. The second-order valence-electron chi connectivity index (χ2n) is 9.82. The van der Waals surface area contributed by atoms with Gasteiger partial charge in [-0.15, -0.1) is 0 Å². The Morgan fingerprint density at radius 3 is 2.60 bits per heavy atom. The fraction of sp³-hybridized carbons (Fsp3) is 0.321. The molecule has 0 radical (unpaired) electrons. The molecule has 40 heavy (non-hydrogen) atoms. The lowest BCUT2D eigenvalue weighted by atomic mass is 10.1. The molecule has 1 aliphatic heterocycles. The van der Waals surface area contributed by atoms with E-state index in [0.29, 0.717) is 48.6 Å². The van der Waals surface area contributed by atoms with Gasteiger partial charge in [-0.25, -0.2) is 22.4 Å². The molecule has 11 nitrogen and oxygen atoms in total. The molecule has 1 unspecified atom stereocenters. The monoisotopic (exact) mass is 564 g/mol. The van der Waals surface area contributed by atoms with Gasteiger partial charge in [0.2, 0.25) is 5.91 Å². The number of aliphatic hydroxyl groups is 1. The van der Waals surface area contributed by atoms with Crippen molar-refractivity contribution in [3.05, 3.63) is 72.2 Å². The highest BCUT2D eigenvalue weighted by Gasteiger charge is 2.28. The summed E-state index contributed by atoms with van der Waals surface area (Å²) in [6, 6.07) is 13.0. The van der Waals surface area contributed by atoms with E-state index in [1.165, 1.54) is 10.3 Å². The lowest BCUT2D eigenvalue weighted by Gasteiger charge is -2.30. The van der Waals surface area contributed by atoms with E-state index in [-0.39, 0.29) is 23.1 Å². The number of hydrogen-bond acceptors (Lipinski definition) is 9. The Kier molecular flexibility index (Phi) is 7.74. The van der Waals surface area contributed by atoms with Crippen LogP contribution in [0.3, 0.4) is 0 Å². The van der Waals surface area contributed by atoms with E-state index in [0.717, 1.165) is 11.1 Å². The third-order valence-electron chi connectivity index (χ3n) is 7.20. The Morgan fingerprint density at radius 2 is 1.88 bits per heavy atom. The van der Waals surface area contributed by atoms with Crippen molar-refractivity contribution >= 4 is 38.5 Å². The van der Waals surface area contributed by atoms with Crippen LogP contribution >= 0.6 is 0 Å². The number of nitrogens with one attached hydrogen (secondary N) is 1. The maximum atomic E-state index is 13.7. The summed E-state index contributed by atoms with van der Waals surface area (Å²) in [4.78, 5) is 25.7. The second-order valence-corrected chi connectivity index (χ2v) is 11.6. The first-order chi connectivity index (χ1) is 19.2. The van der Waals surface area contributed by atoms with Crippen LogP contribution in [-0.4, -0.2) is 83.6 Å². The Labute approximate surface area is 233 Å². The van der Waals surface area contributed by atoms with Crippen molar-refractivity contribution in [3.8, 4) is 5.75 Å². The molecular formula is C28H32N6O5S. The van der Waals surface area contributed by atoms with Gasteiger partial charge in [-0.05, 0) is 55.8 Å². The van der Waals surface area contributed by atoms with E-state index in [4.69, 9.17) is 4.74 Å². The Balaban J connectivity index is 1.67. The van der Waals surface area contributed by atoms with Crippen LogP contribution in [0, 0.1) is 0 Å². The van der Waals surface area contributed by atoms with Crippen LogP contribution in [0.4, 0.5) is 11.5 Å². The summed E-state index contributed by atoms with van der Waals surface area (Å²) >= 11 is 0. The fourth-order valence-corrected chi connectivity index (χ4v) is 6.41. The quantitative estimate of drug-likeness (QED) is 0.384. The van der Waals surface area contributed by atoms with Gasteiger partial charge in [0.05, 0.1) is 24.0 Å². The minimum Gasteiger partial charge on any atom is -0.496 e. The van der Waals surface area contributed by atoms with Crippen LogP contribution < -0.4 is 10.1 Å². The molecule has 210 valence electrons. The van der Waals surface area contributed by atoms with Gasteiger partial charge in [0.1, 0.15) is 23.9 Å². The molecule has 1 atom stereocenters. The largest absolute Gasteiger partial charge is 0.496 e. The number of hydrogen-bond donors (Lipinski definition) is 2. The first-order valence-electron chi connectivity index (χ1n) is 12.9. The van der Waals surface area contributed by atoms with Crippen LogP contribution in [0.15, 0.2) is 66.0 Å². The minimum absolute atomic E-state index is 0.151. The third kappa shape index (κ3) is 5.12. The Hall–Kier alpha value is -4.00. The molecule has 0 saturated heterocycles. The number of anilines is 2. The fourth-order valence-electron chi connectivity index (χ4n) is 5.05. The maximum Gasteiger partial charge on any atom is 0.269 e. The smallest absolute Gasteiger partial charge is 0.269 e. The number of benzene rings is 2. The van der Waals surface area contributed by atoms with Crippen molar-refractivity contribution in [1.82, 2.24) is 23.7 Å². The molecule has 4 aromatic rings. The number of methoxy groups -OCH3 is 1. The highest BCUT2D eigenvalue weighted by Crippen LogP contribution is 2.33. The molecule has 0 spiro atoms. The number of aliphatic hydroxyl groups excluding tert-OH is 1. The number of aromatic nitrogens is 3. The van der Waals surface area contributed by atoms with Gasteiger partial charge in [0, 0.05) is 37.6 Å². The number of aryl methyl sites for hydroxylation is 1. The lowest BCUT2D eigenvalue weighted by molar-refractivity contribution is -0.136. The van der Waals surface area contributed by atoms with Gasteiger partial charge < -0.3 is 20.1 Å². The van der Waals surface area contributed by atoms with Gasteiger partial charge in [0.15, 0.2) is 5.65 Å². The summed E-state index contributed by atoms with van der Waals surface area (Å²) in [6.45, 7) is 0.427. The molecule has 0 fully saturated rings. The average Bonchev–Trinajstić information content (AvgIpc) is 3.34. The molecule has 0 saturated carbocycles. The van der Waals surface area contributed by atoms with E-state index in [9.17, 15) is 18.3 Å². The summed E-state index contributed by atoms with van der Waals surface area (Å²) in [5.74, 6) is 0.901. The zero-order valence-electron chi connectivity index (χ0n) is 22.6. The molecule has 1 amide bonds. The van der Waals surface area contributed by atoms with Crippen molar-refractivity contribution in [1.29, 1.82) is 0 Å². The van der Waals surface area contributed by atoms with Gasteiger partial charge in [-0.3, -0.25) is 9.69 Å². The first-order valence-corrected chi connectivity index (χ1v) is 14.3. The number of fused-ring (bicyclic) bond motifs is 2. The summed E-state index contributed by atoms with van der Waals surface area (Å²) in [7, 11) is 1.14. The van der Waals surface area contributed by atoms with Gasteiger partial charge in [-0.2, -0.15) is 0 Å². The molecule has 1 aliphatic rings. The van der Waals surface area contributed by atoms with Crippen molar-refractivity contribution in [2.75, 3.05) is 39.7 Å². The van der Waals surface area contributed by atoms with Gasteiger partial charge in [0.25, 0.3) is 10.0 Å². The number of likely N-dealkylation sites (N-methyl/N-ethyl adjacent to an activating group) is 2. The van der Waals surface area contributed by atoms with Gasteiger partial charge >= 0.3 is 0 Å². The summed E-state index contributed by atoms with van der Waals surface area (Å²) < 4.78 is 34.1. The van der Waals surface area contributed by atoms with Crippen LogP contribution in [0.1, 0.15) is 17.5 Å². The van der Waals surface area contributed by atoms with Crippen LogP contribution in [0.5, 0.6) is 5.75 Å². The Bertz CT molecular complexity index is 1640.